The number of aryl methyl sites for hydroxylation is 1. The molecular weight excluding hydrogens is 376 g/mol. The molecule has 0 saturated carbocycles. The molecule has 1 amide bonds. The highest BCUT2D eigenvalue weighted by Gasteiger charge is 2.09. The summed E-state index contributed by atoms with van der Waals surface area (Å²) < 4.78 is 2.13. The molecule has 2 aromatic rings. The third-order valence-corrected chi connectivity index (χ3v) is 4.00. The molecular formula is C16H23BrN4OS. The quantitative estimate of drug-likeness (QED) is 0.496. The van der Waals surface area contributed by atoms with E-state index in [4.69, 9.17) is 0 Å². The van der Waals surface area contributed by atoms with Crippen molar-refractivity contribution in [3.05, 3.63) is 35.6 Å². The standard InChI is InChI=1S/C16H22N4OS.BrH/c1-13(2)12-15-18-19-16(22-15)17-14(21)8-4-7-11-20-9-5-3-6-10-20;/h3,5-6,9-10,13H,4,7-8,11-12H2,1-2H3;1H. The van der Waals surface area contributed by atoms with E-state index < -0.39 is 0 Å². The molecule has 0 unspecified atom stereocenters. The Morgan fingerprint density at radius 2 is 1.96 bits per heavy atom. The van der Waals surface area contributed by atoms with Crippen LogP contribution in [0, 0.1) is 5.92 Å². The van der Waals surface area contributed by atoms with E-state index in [2.05, 4.69) is 33.9 Å². The molecule has 0 bridgehead atoms. The Kier molecular flexibility index (Phi) is 8.94. The minimum absolute atomic E-state index is 0. The number of nitrogens with one attached hydrogen (secondary N) is 1. The van der Waals surface area contributed by atoms with Gasteiger partial charge in [-0.25, -0.2) is 4.57 Å². The lowest BCUT2D eigenvalue weighted by molar-refractivity contribution is -0.697. The van der Waals surface area contributed by atoms with Gasteiger partial charge in [0.2, 0.25) is 11.0 Å². The second-order valence-corrected chi connectivity index (χ2v) is 6.78. The Balaban J connectivity index is 0.00000264. The highest BCUT2D eigenvalue weighted by molar-refractivity contribution is 7.15. The molecule has 2 rings (SSSR count). The van der Waals surface area contributed by atoms with Crippen molar-refractivity contribution in [1.29, 1.82) is 0 Å². The predicted molar refractivity (Wildman–Crippen MR) is 87.6 cm³/mol. The molecule has 0 spiro atoms. The van der Waals surface area contributed by atoms with Crippen LogP contribution in [0.25, 0.3) is 0 Å². The van der Waals surface area contributed by atoms with Gasteiger partial charge < -0.3 is 22.3 Å². The number of hydrogen-bond acceptors (Lipinski definition) is 4. The fourth-order valence-corrected chi connectivity index (χ4v) is 3.05. The van der Waals surface area contributed by atoms with Crippen molar-refractivity contribution in [2.75, 3.05) is 5.32 Å². The fourth-order valence-electron chi connectivity index (χ4n) is 2.08. The summed E-state index contributed by atoms with van der Waals surface area (Å²) in [5.74, 6) is 0.567. The zero-order valence-electron chi connectivity index (χ0n) is 13.5. The normalized spacial score (nSPS) is 10.4. The van der Waals surface area contributed by atoms with E-state index in [9.17, 15) is 4.79 Å². The Morgan fingerprint density at radius 1 is 1.22 bits per heavy atom. The lowest BCUT2D eigenvalue weighted by Gasteiger charge is -2.00. The number of unbranched alkanes of at least 4 members (excludes halogenated alkanes) is 1. The number of rotatable bonds is 8. The topological polar surface area (TPSA) is 58.8 Å². The van der Waals surface area contributed by atoms with Gasteiger partial charge in [-0.2, -0.15) is 0 Å². The maximum absolute atomic E-state index is 11.9. The largest absolute Gasteiger partial charge is 1.00 e. The smallest absolute Gasteiger partial charge is 0.226 e. The number of anilines is 1. The zero-order chi connectivity index (χ0) is 15.8. The first-order chi connectivity index (χ1) is 10.6. The average molecular weight is 399 g/mol. The van der Waals surface area contributed by atoms with E-state index in [-0.39, 0.29) is 22.9 Å². The van der Waals surface area contributed by atoms with Gasteiger partial charge in [-0.1, -0.05) is 31.3 Å². The number of halogens is 1. The maximum atomic E-state index is 11.9. The number of amides is 1. The van der Waals surface area contributed by atoms with Gasteiger partial charge >= 0.3 is 0 Å². The second kappa shape index (κ2) is 10.4. The van der Waals surface area contributed by atoms with Crippen LogP contribution >= 0.6 is 11.3 Å². The van der Waals surface area contributed by atoms with E-state index in [0.29, 0.717) is 17.5 Å². The lowest BCUT2D eigenvalue weighted by atomic mass is 10.1. The Morgan fingerprint density at radius 3 is 2.65 bits per heavy atom. The van der Waals surface area contributed by atoms with E-state index in [1.54, 1.807) is 0 Å². The highest BCUT2D eigenvalue weighted by Crippen LogP contribution is 2.18. The molecule has 0 aliphatic rings. The van der Waals surface area contributed by atoms with E-state index >= 15 is 0 Å². The monoisotopic (exact) mass is 398 g/mol. The number of pyridine rings is 1. The van der Waals surface area contributed by atoms with Gasteiger partial charge in [0.1, 0.15) is 11.6 Å². The molecule has 1 N–H and O–H groups in total. The van der Waals surface area contributed by atoms with Crippen LogP contribution in [0.4, 0.5) is 5.13 Å². The molecule has 0 saturated heterocycles. The van der Waals surface area contributed by atoms with E-state index in [1.807, 2.05) is 30.6 Å². The van der Waals surface area contributed by atoms with Gasteiger partial charge in [0, 0.05) is 31.4 Å². The first-order valence-corrected chi connectivity index (χ1v) is 8.51. The Labute approximate surface area is 151 Å². The average Bonchev–Trinajstić information content (AvgIpc) is 2.91. The Bertz CT molecular complexity index is 589. The van der Waals surface area contributed by atoms with Crippen LogP contribution in [0.3, 0.4) is 0 Å². The zero-order valence-corrected chi connectivity index (χ0v) is 15.9. The predicted octanol–water partition coefficient (Wildman–Crippen LogP) is -0.163. The van der Waals surface area contributed by atoms with Crippen molar-refractivity contribution in [1.82, 2.24) is 10.2 Å². The minimum Gasteiger partial charge on any atom is -1.00 e. The van der Waals surface area contributed by atoms with Gasteiger partial charge in [-0.15, -0.1) is 10.2 Å². The summed E-state index contributed by atoms with van der Waals surface area (Å²) in [6.07, 6.45) is 7.35. The van der Waals surface area contributed by atoms with Crippen molar-refractivity contribution in [3.8, 4) is 0 Å². The summed E-state index contributed by atoms with van der Waals surface area (Å²) in [5, 5.41) is 12.5. The number of carbonyl (C=O) groups excluding carboxylic acids is 1. The minimum atomic E-state index is 0. The lowest BCUT2D eigenvalue weighted by Crippen LogP contribution is -3.00. The summed E-state index contributed by atoms with van der Waals surface area (Å²) in [5.41, 5.74) is 0. The van der Waals surface area contributed by atoms with Gasteiger partial charge in [0.15, 0.2) is 12.4 Å². The maximum Gasteiger partial charge on any atom is 0.226 e. The molecule has 7 heteroatoms. The molecule has 0 atom stereocenters. The van der Waals surface area contributed by atoms with Crippen molar-refractivity contribution >= 4 is 22.4 Å². The SMILES string of the molecule is CC(C)Cc1nnc(NC(=O)CCCC[n+]2ccccc2)s1.[Br-]. The summed E-state index contributed by atoms with van der Waals surface area (Å²) in [6.45, 7) is 5.22. The fraction of sp³-hybridized carbons (Fsp3) is 0.500. The summed E-state index contributed by atoms with van der Waals surface area (Å²) in [7, 11) is 0. The molecule has 0 aliphatic carbocycles. The summed E-state index contributed by atoms with van der Waals surface area (Å²) in [6, 6.07) is 6.02. The van der Waals surface area contributed by atoms with Crippen LogP contribution in [0.1, 0.15) is 38.1 Å². The van der Waals surface area contributed by atoms with Crippen molar-refractivity contribution < 1.29 is 26.3 Å². The third kappa shape index (κ3) is 7.65. The highest BCUT2D eigenvalue weighted by atomic mass is 79.9. The number of carbonyl (C=O) groups is 1. The summed E-state index contributed by atoms with van der Waals surface area (Å²) >= 11 is 1.47. The van der Waals surface area contributed by atoms with Crippen LogP contribution < -0.4 is 26.9 Å². The molecule has 5 nitrogen and oxygen atoms in total. The molecule has 23 heavy (non-hydrogen) atoms. The molecule has 0 fully saturated rings. The van der Waals surface area contributed by atoms with Gasteiger partial charge in [0.25, 0.3) is 0 Å². The first kappa shape index (κ1) is 19.7. The molecule has 126 valence electrons. The van der Waals surface area contributed by atoms with Gasteiger partial charge in [-0.3, -0.25) is 4.79 Å². The van der Waals surface area contributed by atoms with Gasteiger partial charge in [-0.05, 0) is 12.3 Å². The number of nitrogens with zero attached hydrogens (tertiary/aromatic N) is 3. The first-order valence-electron chi connectivity index (χ1n) is 7.70. The number of hydrogen-bond donors (Lipinski definition) is 1. The molecule has 0 radical (unpaired) electrons. The van der Waals surface area contributed by atoms with Crippen LogP contribution in [-0.4, -0.2) is 16.1 Å². The van der Waals surface area contributed by atoms with E-state index in [0.717, 1.165) is 30.8 Å². The number of aromatic nitrogens is 3. The van der Waals surface area contributed by atoms with Crippen LogP contribution in [0.2, 0.25) is 0 Å². The van der Waals surface area contributed by atoms with Gasteiger partial charge in [0.05, 0.1) is 0 Å². The van der Waals surface area contributed by atoms with Crippen LogP contribution in [0.5, 0.6) is 0 Å². The molecule has 0 aliphatic heterocycles. The van der Waals surface area contributed by atoms with Crippen LogP contribution in [0.15, 0.2) is 30.6 Å². The van der Waals surface area contributed by atoms with E-state index in [1.165, 1.54) is 11.3 Å². The van der Waals surface area contributed by atoms with Crippen LogP contribution in [-0.2, 0) is 17.8 Å². The van der Waals surface area contributed by atoms with Crippen molar-refractivity contribution in [2.24, 2.45) is 5.92 Å². The molecule has 0 aromatic carbocycles. The second-order valence-electron chi connectivity index (χ2n) is 5.72. The third-order valence-electron chi connectivity index (χ3n) is 3.14. The molecule has 2 heterocycles. The summed E-state index contributed by atoms with van der Waals surface area (Å²) in [4.78, 5) is 11.9. The Hall–Kier alpha value is -1.34. The van der Waals surface area contributed by atoms with Crippen molar-refractivity contribution in [2.45, 2.75) is 46.1 Å². The molecule has 2 aromatic heterocycles. The van der Waals surface area contributed by atoms with Crippen molar-refractivity contribution in [3.63, 3.8) is 0 Å².